The number of carbonyl (C=O) groups is 1. The molecule has 0 saturated heterocycles. The van der Waals surface area contributed by atoms with Crippen molar-refractivity contribution in [2.24, 2.45) is 0 Å². The molecule has 0 bridgehead atoms. The highest BCUT2D eigenvalue weighted by atomic mass is 32.1. The monoisotopic (exact) mass is 275 g/mol. The molecule has 0 aliphatic rings. The van der Waals surface area contributed by atoms with Gasteiger partial charge in [0.05, 0.1) is 0 Å². The van der Waals surface area contributed by atoms with Crippen LogP contribution in [0.25, 0.3) is 0 Å². The SMILES string of the molecule is Cc1cc(CNc2cccc(CCC(=O)O)c2)cs1. The van der Waals surface area contributed by atoms with Gasteiger partial charge in [-0.1, -0.05) is 12.1 Å². The molecule has 100 valence electrons. The molecule has 0 spiro atoms. The lowest BCUT2D eigenvalue weighted by Gasteiger charge is -2.07. The van der Waals surface area contributed by atoms with Crippen LogP contribution in [-0.4, -0.2) is 11.1 Å². The quantitative estimate of drug-likeness (QED) is 0.845. The molecule has 2 rings (SSSR count). The number of carboxylic acids is 1. The van der Waals surface area contributed by atoms with E-state index in [1.54, 1.807) is 11.3 Å². The Kier molecular flexibility index (Phi) is 4.58. The number of aliphatic carboxylic acids is 1. The van der Waals surface area contributed by atoms with Crippen molar-refractivity contribution in [1.29, 1.82) is 0 Å². The van der Waals surface area contributed by atoms with Crippen LogP contribution in [0.4, 0.5) is 5.69 Å². The maximum atomic E-state index is 10.6. The third kappa shape index (κ3) is 4.41. The molecule has 0 radical (unpaired) electrons. The van der Waals surface area contributed by atoms with E-state index < -0.39 is 5.97 Å². The van der Waals surface area contributed by atoms with Crippen molar-refractivity contribution in [2.45, 2.75) is 26.3 Å². The van der Waals surface area contributed by atoms with Gasteiger partial charge in [0.2, 0.25) is 0 Å². The second-order valence-electron chi connectivity index (χ2n) is 4.51. The molecule has 1 aromatic carbocycles. The van der Waals surface area contributed by atoms with E-state index in [2.05, 4.69) is 23.7 Å². The molecule has 1 aromatic heterocycles. The largest absolute Gasteiger partial charge is 0.481 e. The summed E-state index contributed by atoms with van der Waals surface area (Å²) in [6, 6.07) is 10.1. The van der Waals surface area contributed by atoms with E-state index in [0.717, 1.165) is 17.8 Å². The number of anilines is 1. The molecule has 0 saturated carbocycles. The molecular weight excluding hydrogens is 258 g/mol. The van der Waals surface area contributed by atoms with Gasteiger partial charge < -0.3 is 10.4 Å². The van der Waals surface area contributed by atoms with Crippen LogP contribution in [0.3, 0.4) is 0 Å². The maximum Gasteiger partial charge on any atom is 0.303 e. The van der Waals surface area contributed by atoms with E-state index in [1.807, 2.05) is 24.3 Å². The molecule has 0 amide bonds. The Hall–Kier alpha value is -1.81. The van der Waals surface area contributed by atoms with Gasteiger partial charge in [-0.15, -0.1) is 11.3 Å². The Bertz CT molecular complexity index is 563. The molecule has 0 unspecified atom stereocenters. The number of nitrogens with one attached hydrogen (secondary N) is 1. The van der Waals surface area contributed by atoms with Crippen LogP contribution in [0, 0.1) is 6.92 Å². The number of aryl methyl sites for hydroxylation is 2. The Morgan fingerprint density at radius 2 is 2.16 bits per heavy atom. The number of thiophene rings is 1. The van der Waals surface area contributed by atoms with E-state index in [0.29, 0.717) is 6.42 Å². The summed E-state index contributed by atoms with van der Waals surface area (Å²) >= 11 is 1.75. The summed E-state index contributed by atoms with van der Waals surface area (Å²) < 4.78 is 0. The number of carboxylic acid groups (broad SMARTS) is 1. The summed E-state index contributed by atoms with van der Waals surface area (Å²) in [5.74, 6) is -0.757. The lowest BCUT2D eigenvalue weighted by atomic mass is 10.1. The molecule has 4 heteroatoms. The number of hydrogen-bond acceptors (Lipinski definition) is 3. The minimum atomic E-state index is -0.757. The summed E-state index contributed by atoms with van der Waals surface area (Å²) in [6.45, 7) is 2.90. The molecule has 0 atom stereocenters. The summed E-state index contributed by atoms with van der Waals surface area (Å²) in [5.41, 5.74) is 3.36. The Labute approximate surface area is 116 Å². The standard InChI is InChI=1S/C15H17NO2S/c1-11-7-13(10-19-11)9-16-14-4-2-3-12(8-14)5-6-15(17)18/h2-4,7-8,10,16H,5-6,9H2,1H3,(H,17,18). The second-order valence-corrected chi connectivity index (χ2v) is 5.63. The first-order valence-corrected chi connectivity index (χ1v) is 7.10. The van der Waals surface area contributed by atoms with Crippen molar-refractivity contribution >= 4 is 23.0 Å². The van der Waals surface area contributed by atoms with Gasteiger partial charge in [-0.05, 0) is 48.1 Å². The minimum absolute atomic E-state index is 0.174. The minimum Gasteiger partial charge on any atom is -0.481 e. The van der Waals surface area contributed by atoms with Gasteiger partial charge in [0, 0.05) is 23.5 Å². The van der Waals surface area contributed by atoms with E-state index in [9.17, 15) is 4.79 Å². The lowest BCUT2D eigenvalue weighted by molar-refractivity contribution is -0.136. The highest BCUT2D eigenvalue weighted by Gasteiger charge is 2.01. The molecule has 2 N–H and O–H groups in total. The zero-order valence-electron chi connectivity index (χ0n) is 10.8. The summed E-state index contributed by atoms with van der Waals surface area (Å²) in [6.07, 6.45) is 0.746. The highest BCUT2D eigenvalue weighted by Crippen LogP contribution is 2.16. The van der Waals surface area contributed by atoms with Crippen LogP contribution in [0.1, 0.15) is 22.4 Å². The third-order valence-electron chi connectivity index (χ3n) is 2.84. The fourth-order valence-corrected chi connectivity index (χ4v) is 2.59. The fourth-order valence-electron chi connectivity index (χ4n) is 1.88. The summed E-state index contributed by atoms with van der Waals surface area (Å²) in [4.78, 5) is 11.9. The van der Waals surface area contributed by atoms with Gasteiger partial charge >= 0.3 is 5.97 Å². The zero-order valence-corrected chi connectivity index (χ0v) is 11.7. The third-order valence-corrected chi connectivity index (χ3v) is 3.75. The summed E-state index contributed by atoms with van der Waals surface area (Å²) in [7, 11) is 0. The van der Waals surface area contributed by atoms with E-state index in [-0.39, 0.29) is 6.42 Å². The zero-order chi connectivity index (χ0) is 13.7. The lowest BCUT2D eigenvalue weighted by Crippen LogP contribution is -2.00. The second kappa shape index (κ2) is 6.38. The van der Waals surface area contributed by atoms with Crippen LogP contribution in [0.15, 0.2) is 35.7 Å². The number of rotatable bonds is 6. The van der Waals surface area contributed by atoms with Crippen molar-refractivity contribution in [1.82, 2.24) is 0 Å². The van der Waals surface area contributed by atoms with Crippen LogP contribution in [-0.2, 0) is 17.8 Å². The van der Waals surface area contributed by atoms with Gasteiger partial charge in [-0.25, -0.2) is 0 Å². The average Bonchev–Trinajstić information content (AvgIpc) is 2.80. The molecule has 0 aliphatic carbocycles. The molecule has 0 fully saturated rings. The smallest absolute Gasteiger partial charge is 0.303 e. The van der Waals surface area contributed by atoms with Crippen LogP contribution >= 0.6 is 11.3 Å². The van der Waals surface area contributed by atoms with Crippen molar-refractivity contribution in [2.75, 3.05) is 5.32 Å². The first-order valence-electron chi connectivity index (χ1n) is 6.22. The van der Waals surface area contributed by atoms with Crippen molar-refractivity contribution in [3.05, 3.63) is 51.7 Å². The normalized spacial score (nSPS) is 10.4. The van der Waals surface area contributed by atoms with E-state index >= 15 is 0 Å². The first kappa shape index (κ1) is 13.6. The van der Waals surface area contributed by atoms with Gasteiger partial charge in [-0.2, -0.15) is 0 Å². The molecule has 19 heavy (non-hydrogen) atoms. The number of hydrogen-bond donors (Lipinski definition) is 2. The van der Waals surface area contributed by atoms with Crippen molar-refractivity contribution < 1.29 is 9.90 Å². The van der Waals surface area contributed by atoms with Crippen LogP contribution < -0.4 is 5.32 Å². The molecular formula is C15H17NO2S. The van der Waals surface area contributed by atoms with Crippen LogP contribution in [0.2, 0.25) is 0 Å². The highest BCUT2D eigenvalue weighted by molar-refractivity contribution is 7.10. The molecule has 1 heterocycles. The Balaban J connectivity index is 1.93. The van der Waals surface area contributed by atoms with Gasteiger partial charge in [0.1, 0.15) is 0 Å². The van der Waals surface area contributed by atoms with Gasteiger partial charge in [0.25, 0.3) is 0 Å². The summed E-state index contributed by atoms with van der Waals surface area (Å²) in [5, 5.41) is 14.2. The first-order chi connectivity index (χ1) is 9.13. The fraction of sp³-hybridized carbons (Fsp3) is 0.267. The predicted molar refractivity (Wildman–Crippen MR) is 78.8 cm³/mol. The predicted octanol–water partition coefficient (Wildman–Crippen LogP) is 3.69. The molecule has 3 nitrogen and oxygen atoms in total. The topological polar surface area (TPSA) is 49.3 Å². The molecule has 2 aromatic rings. The van der Waals surface area contributed by atoms with E-state index in [4.69, 9.17) is 5.11 Å². The Morgan fingerprint density at radius 1 is 1.32 bits per heavy atom. The average molecular weight is 275 g/mol. The molecule has 0 aliphatic heterocycles. The van der Waals surface area contributed by atoms with Crippen molar-refractivity contribution in [3.8, 4) is 0 Å². The number of benzene rings is 1. The van der Waals surface area contributed by atoms with Crippen LogP contribution in [0.5, 0.6) is 0 Å². The maximum absolute atomic E-state index is 10.6. The van der Waals surface area contributed by atoms with E-state index in [1.165, 1.54) is 10.4 Å². The van der Waals surface area contributed by atoms with Gasteiger partial charge in [0.15, 0.2) is 0 Å². The Morgan fingerprint density at radius 3 is 2.84 bits per heavy atom. The van der Waals surface area contributed by atoms with Gasteiger partial charge in [-0.3, -0.25) is 4.79 Å². The van der Waals surface area contributed by atoms with Crippen molar-refractivity contribution in [3.63, 3.8) is 0 Å².